The molecule has 0 aliphatic carbocycles. The number of thioether (sulfide) groups is 1. The molecule has 15 nitrogen and oxygen atoms in total. The van der Waals surface area contributed by atoms with E-state index in [1.165, 1.54) is 10.9 Å². The summed E-state index contributed by atoms with van der Waals surface area (Å²) in [6.07, 6.45) is -0.196. The Hall–Kier alpha value is -3.18. The topological polar surface area (TPSA) is 199 Å². The number of nitrogens with zero attached hydrogens (tertiary/aromatic N) is 4. The van der Waals surface area contributed by atoms with Gasteiger partial charge in [0.15, 0.2) is 28.2 Å². The summed E-state index contributed by atoms with van der Waals surface area (Å²) in [5.74, 6) is -0.240. The van der Waals surface area contributed by atoms with Crippen LogP contribution in [0.25, 0.3) is 11.2 Å². The number of unbranched alkanes of at least 4 members (excludes halogenated alkanes) is 2. The van der Waals surface area contributed by atoms with E-state index in [0.717, 1.165) is 43.5 Å². The van der Waals surface area contributed by atoms with Crippen LogP contribution in [0.3, 0.4) is 0 Å². The van der Waals surface area contributed by atoms with Crippen molar-refractivity contribution in [1.82, 2.24) is 24.6 Å². The molecular formula is C33H48FN6O9PS. The van der Waals surface area contributed by atoms with E-state index in [1.54, 1.807) is 20.8 Å². The normalized spacial score (nSPS) is 21.8. The first-order valence-electron chi connectivity index (χ1n) is 16.9. The lowest BCUT2D eigenvalue weighted by Crippen LogP contribution is -2.40. The molecule has 2 aromatic heterocycles. The Kier molecular flexibility index (Phi) is 14.4. The van der Waals surface area contributed by atoms with Gasteiger partial charge in [-0.3, -0.25) is 23.2 Å². The van der Waals surface area contributed by atoms with Gasteiger partial charge in [0.2, 0.25) is 11.8 Å². The molecule has 0 saturated carbocycles. The van der Waals surface area contributed by atoms with Crippen LogP contribution in [0.15, 0.2) is 36.7 Å². The number of ether oxygens (including phenoxy) is 3. The van der Waals surface area contributed by atoms with Gasteiger partial charge in [0, 0.05) is 18.7 Å². The number of rotatable bonds is 20. The van der Waals surface area contributed by atoms with E-state index in [-0.39, 0.29) is 66.2 Å². The van der Waals surface area contributed by atoms with Crippen LogP contribution in [0, 0.1) is 5.41 Å². The quantitative estimate of drug-likeness (QED) is 0.0778. The van der Waals surface area contributed by atoms with Crippen molar-refractivity contribution < 1.29 is 46.9 Å². The lowest BCUT2D eigenvalue weighted by Gasteiger charge is -2.25. The highest BCUT2D eigenvalue weighted by molar-refractivity contribution is 8.13. The van der Waals surface area contributed by atoms with Crippen LogP contribution in [0.2, 0.25) is 0 Å². The van der Waals surface area contributed by atoms with Crippen LogP contribution in [0.5, 0.6) is 5.88 Å². The third-order valence-electron chi connectivity index (χ3n) is 8.09. The number of benzene rings is 1. The molecule has 0 bridgehead atoms. The maximum Gasteiger partial charge on any atom is 0.405 e. The van der Waals surface area contributed by atoms with Crippen molar-refractivity contribution in [1.29, 1.82) is 0 Å². The number of imidazole rings is 1. The number of hydrogen-bond donors (Lipinski definition) is 3. The zero-order chi connectivity index (χ0) is 37.2. The van der Waals surface area contributed by atoms with Gasteiger partial charge < -0.3 is 25.1 Å². The molecule has 0 amide bonds. The maximum atomic E-state index is 16.2. The number of carbonyl (C=O) groups is 2. The molecule has 5 atom stereocenters. The second kappa shape index (κ2) is 18.0. The zero-order valence-corrected chi connectivity index (χ0v) is 31.3. The van der Waals surface area contributed by atoms with Crippen LogP contribution in [-0.2, 0) is 39.2 Å². The van der Waals surface area contributed by atoms with Crippen molar-refractivity contribution in [2.75, 3.05) is 37.9 Å². The number of nitrogen functional groups attached to an aromatic ring is 1. The third kappa shape index (κ3) is 10.7. The minimum absolute atomic E-state index is 0.0635. The summed E-state index contributed by atoms with van der Waals surface area (Å²) in [4.78, 5) is 37.5. The van der Waals surface area contributed by atoms with Gasteiger partial charge in [-0.25, -0.2) is 19.0 Å². The number of aliphatic hydroxyl groups excluding tert-OH is 1. The van der Waals surface area contributed by atoms with E-state index in [2.05, 4.69) is 20.0 Å². The third-order valence-corrected chi connectivity index (χ3v) is 10.8. The van der Waals surface area contributed by atoms with Crippen LogP contribution in [0.1, 0.15) is 72.1 Å². The zero-order valence-electron chi connectivity index (χ0n) is 29.6. The second-order valence-electron chi connectivity index (χ2n) is 12.9. The molecule has 4 N–H and O–H groups in total. The Morgan fingerprint density at radius 3 is 2.65 bits per heavy atom. The Bertz CT molecular complexity index is 1660. The van der Waals surface area contributed by atoms with Crippen molar-refractivity contribution in [2.24, 2.45) is 5.41 Å². The number of alkyl halides is 1. The van der Waals surface area contributed by atoms with Gasteiger partial charge in [-0.15, -0.1) is 0 Å². The monoisotopic (exact) mass is 754 g/mol. The number of anilines is 1. The van der Waals surface area contributed by atoms with Gasteiger partial charge in [0.25, 0.3) is 0 Å². The smallest absolute Gasteiger partial charge is 0.405 e. The summed E-state index contributed by atoms with van der Waals surface area (Å²) in [6, 6.07) is 9.10. The second-order valence-corrected chi connectivity index (χ2v) is 15.7. The minimum Gasteiger partial charge on any atom is -0.476 e. The molecule has 3 heterocycles. The van der Waals surface area contributed by atoms with Crippen LogP contribution in [-0.4, -0.2) is 85.8 Å². The van der Waals surface area contributed by atoms with E-state index in [0.29, 0.717) is 6.42 Å². The van der Waals surface area contributed by atoms with E-state index in [9.17, 15) is 19.3 Å². The molecule has 51 heavy (non-hydrogen) atoms. The number of aliphatic hydroxyl groups is 1. The fraction of sp³-hybridized carbons (Fsp3) is 0.606. The number of halogens is 1. The molecular weight excluding hydrogens is 706 g/mol. The molecule has 282 valence electrons. The van der Waals surface area contributed by atoms with Crippen molar-refractivity contribution in [3.05, 3.63) is 42.2 Å². The molecule has 1 saturated heterocycles. The molecule has 1 aliphatic heterocycles. The number of aromatic nitrogens is 4. The molecule has 4 rings (SSSR count). The molecule has 1 aromatic carbocycles. The van der Waals surface area contributed by atoms with Crippen LogP contribution in [0.4, 0.5) is 10.3 Å². The minimum atomic E-state index is -4.12. The van der Waals surface area contributed by atoms with Gasteiger partial charge >= 0.3 is 13.7 Å². The molecule has 0 radical (unpaired) electrons. The Morgan fingerprint density at radius 1 is 1.20 bits per heavy atom. The number of nitrogens with one attached hydrogen (secondary N) is 1. The molecule has 1 aliphatic rings. The number of fused-ring (bicyclic) bond motifs is 1. The highest BCUT2D eigenvalue weighted by Gasteiger charge is 2.56. The molecule has 1 fully saturated rings. The molecule has 3 aromatic rings. The number of hydrogen-bond acceptors (Lipinski definition) is 14. The number of nitrogens with two attached hydrogens (primary N) is 1. The van der Waals surface area contributed by atoms with Crippen molar-refractivity contribution >= 4 is 47.7 Å². The molecule has 18 heteroatoms. The van der Waals surface area contributed by atoms with Gasteiger partial charge in [-0.2, -0.15) is 9.97 Å². The molecule has 0 spiro atoms. The summed E-state index contributed by atoms with van der Waals surface area (Å²) in [6.45, 7) is 7.96. The van der Waals surface area contributed by atoms with E-state index < -0.39 is 43.9 Å². The summed E-state index contributed by atoms with van der Waals surface area (Å²) >= 11 is 0.949. The van der Waals surface area contributed by atoms with Crippen LogP contribution >= 0.6 is 19.5 Å². The summed E-state index contributed by atoms with van der Waals surface area (Å²) in [5.41, 5.74) is 3.68. The van der Waals surface area contributed by atoms with Gasteiger partial charge in [-0.1, -0.05) is 61.9 Å². The average Bonchev–Trinajstić information content (AvgIpc) is 3.61. The van der Waals surface area contributed by atoms with E-state index in [1.807, 2.05) is 37.3 Å². The highest BCUT2D eigenvalue weighted by atomic mass is 32.2. The van der Waals surface area contributed by atoms with Crippen molar-refractivity contribution in [3.63, 3.8) is 0 Å². The molecule has 1 unspecified atom stereocenters. The predicted octanol–water partition coefficient (Wildman–Crippen LogP) is 5.13. The number of carbonyl (C=O) groups excluding carboxylic acids is 2. The first-order chi connectivity index (χ1) is 24.2. The maximum absolute atomic E-state index is 16.2. The standard InChI is InChI=1S/C33H48FN6O9PS/c1-6-8-10-15-24(41)46-20-32(3,4)30(43)51-17-16-47-50(44,37-18-22-13-11-9-12-14-22)48-19-23-26(42)33(5,34)29(49-23)40-21-36-25-27(40)38-31(35)39-28(25)45-7-2/h9,11-14,21,23,26,29,42H,6-8,10,15-20H2,1-5H3,(H,37,44)(H2,35,38,39)/t23-,26-,29-,33-,50?/m1/s1. The Balaban J connectivity index is 1.39. The lowest BCUT2D eigenvalue weighted by molar-refractivity contribution is -0.147. The number of esters is 1. The van der Waals surface area contributed by atoms with E-state index in [4.69, 9.17) is 29.0 Å². The van der Waals surface area contributed by atoms with Gasteiger partial charge in [0.1, 0.15) is 18.8 Å². The Morgan fingerprint density at radius 2 is 1.94 bits per heavy atom. The SMILES string of the molecule is CCCCCC(=O)OCC(C)(C)C(=O)SCCOP(=O)(NCc1ccccc1)OC[C@H]1O[C@@H](n2cnc3c(OCC)nc(N)nc32)[C@](C)(F)[C@@H]1O. The fourth-order valence-electron chi connectivity index (χ4n) is 5.15. The Labute approximate surface area is 301 Å². The van der Waals surface area contributed by atoms with Gasteiger partial charge in [-0.05, 0) is 39.7 Å². The van der Waals surface area contributed by atoms with Crippen molar-refractivity contribution in [3.8, 4) is 5.88 Å². The summed E-state index contributed by atoms with van der Waals surface area (Å²) < 4.78 is 59.6. The fourth-order valence-corrected chi connectivity index (χ4v) is 7.38. The van der Waals surface area contributed by atoms with E-state index >= 15 is 4.39 Å². The van der Waals surface area contributed by atoms with Crippen molar-refractivity contribution in [2.45, 2.75) is 91.0 Å². The highest BCUT2D eigenvalue weighted by Crippen LogP contribution is 2.48. The van der Waals surface area contributed by atoms with Gasteiger partial charge in [0.05, 0.1) is 31.6 Å². The first-order valence-corrected chi connectivity index (χ1v) is 19.4. The first kappa shape index (κ1) is 40.6. The predicted molar refractivity (Wildman–Crippen MR) is 189 cm³/mol. The largest absolute Gasteiger partial charge is 0.476 e. The lowest BCUT2D eigenvalue weighted by atomic mass is 9.97. The van der Waals surface area contributed by atoms with Crippen LogP contribution < -0.4 is 15.6 Å². The summed E-state index contributed by atoms with van der Waals surface area (Å²) in [5, 5.41) is 13.6. The average molecular weight is 755 g/mol. The summed E-state index contributed by atoms with van der Waals surface area (Å²) in [7, 11) is -4.12.